The van der Waals surface area contributed by atoms with E-state index >= 15 is 0 Å². The lowest BCUT2D eigenvalue weighted by molar-refractivity contribution is 0.0125. The molecule has 118 valence electrons. The molecule has 1 N–H and O–H groups in total. The maximum atomic E-state index is 12.2. The first kappa shape index (κ1) is 16.4. The summed E-state index contributed by atoms with van der Waals surface area (Å²) >= 11 is 1.40. The Labute approximate surface area is 130 Å². The molecule has 21 heavy (non-hydrogen) atoms. The fourth-order valence-corrected chi connectivity index (χ4v) is 3.38. The van der Waals surface area contributed by atoms with Gasteiger partial charge in [-0.1, -0.05) is 13.8 Å². The molecule has 5 nitrogen and oxygen atoms in total. The molecule has 1 fully saturated rings. The number of hydrogen-bond acceptors (Lipinski definition) is 5. The molecule has 1 aromatic rings. The summed E-state index contributed by atoms with van der Waals surface area (Å²) < 4.78 is 5.42. The van der Waals surface area contributed by atoms with E-state index in [-0.39, 0.29) is 5.91 Å². The number of aryl methyl sites for hydroxylation is 1. The third kappa shape index (κ3) is 4.76. The van der Waals surface area contributed by atoms with Crippen molar-refractivity contribution in [2.75, 3.05) is 32.8 Å². The predicted octanol–water partition coefficient (Wildman–Crippen LogP) is 1.93. The van der Waals surface area contributed by atoms with Crippen molar-refractivity contribution in [2.24, 2.45) is 5.92 Å². The van der Waals surface area contributed by atoms with E-state index in [0.717, 1.165) is 43.3 Å². The van der Waals surface area contributed by atoms with Gasteiger partial charge in [-0.15, -0.1) is 11.3 Å². The van der Waals surface area contributed by atoms with Gasteiger partial charge in [-0.25, -0.2) is 4.98 Å². The van der Waals surface area contributed by atoms with Gasteiger partial charge in [0, 0.05) is 25.7 Å². The third-order valence-corrected chi connectivity index (χ3v) is 4.68. The van der Waals surface area contributed by atoms with Gasteiger partial charge in [0.1, 0.15) is 4.88 Å². The second-order valence-electron chi connectivity index (χ2n) is 5.91. The summed E-state index contributed by atoms with van der Waals surface area (Å²) in [7, 11) is 0. The highest BCUT2D eigenvalue weighted by Crippen LogP contribution is 2.15. The highest BCUT2D eigenvalue weighted by molar-refractivity contribution is 7.11. The first-order chi connectivity index (χ1) is 10.1. The number of thiazole rings is 1. The number of ether oxygens (including phenoxy) is 1. The Morgan fingerprint density at radius 1 is 1.48 bits per heavy atom. The lowest BCUT2D eigenvalue weighted by atomic mass is 10.0. The van der Waals surface area contributed by atoms with Crippen molar-refractivity contribution in [3.8, 4) is 0 Å². The first-order valence-electron chi connectivity index (χ1n) is 7.58. The van der Waals surface area contributed by atoms with E-state index in [1.165, 1.54) is 11.3 Å². The number of carbonyl (C=O) groups excluding carboxylic acids is 1. The summed E-state index contributed by atoms with van der Waals surface area (Å²) in [5, 5.41) is 3.08. The highest BCUT2D eigenvalue weighted by atomic mass is 32.1. The molecule has 0 unspecified atom stereocenters. The molecule has 0 spiro atoms. The van der Waals surface area contributed by atoms with Crippen LogP contribution in [-0.4, -0.2) is 54.7 Å². The monoisotopic (exact) mass is 311 g/mol. The predicted molar refractivity (Wildman–Crippen MR) is 84.8 cm³/mol. The van der Waals surface area contributed by atoms with Crippen LogP contribution in [0.5, 0.6) is 0 Å². The summed E-state index contributed by atoms with van der Waals surface area (Å²) in [5.74, 6) is 0.608. The van der Waals surface area contributed by atoms with Gasteiger partial charge in [-0.05, 0) is 19.3 Å². The van der Waals surface area contributed by atoms with E-state index in [1.807, 2.05) is 6.92 Å². The van der Waals surface area contributed by atoms with Gasteiger partial charge in [-0.3, -0.25) is 9.69 Å². The Kier molecular flexibility index (Phi) is 6.14. The molecule has 0 saturated carbocycles. The molecule has 1 amide bonds. The number of carbonyl (C=O) groups is 1. The fourth-order valence-electron chi connectivity index (χ4n) is 2.66. The lowest BCUT2D eigenvalue weighted by Crippen LogP contribution is -2.49. The SMILES string of the molecule is Cc1ncsc1C(=O)NC[C@H](CC(C)C)N1CCOCC1. The van der Waals surface area contributed by atoms with Gasteiger partial charge >= 0.3 is 0 Å². The van der Waals surface area contributed by atoms with Crippen molar-refractivity contribution in [1.29, 1.82) is 0 Å². The maximum absolute atomic E-state index is 12.2. The summed E-state index contributed by atoms with van der Waals surface area (Å²) in [5.41, 5.74) is 2.53. The average molecular weight is 311 g/mol. The minimum Gasteiger partial charge on any atom is -0.379 e. The van der Waals surface area contributed by atoms with Gasteiger partial charge in [0.2, 0.25) is 0 Å². The van der Waals surface area contributed by atoms with Crippen molar-refractivity contribution in [3.63, 3.8) is 0 Å². The average Bonchev–Trinajstić information content (AvgIpc) is 2.90. The van der Waals surface area contributed by atoms with E-state index in [1.54, 1.807) is 5.51 Å². The molecule has 0 aromatic carbocycles. The molecule has 0 bridgehead atoms. The van der Waals surface area contributed by atoms with Crippen LogP contribution in [-0.2, 0) is 4.74 Å². The largest absolute Gasteiger partial charge is 0.379 e. The minimum atomic E-state index is -0.00276. The molecule has 2 rings (SSSR count). The van der Waals surface area contributed by atoms with Crippen LogP contribution in [0.3, 0.4) is 0 Å². The highest BCUT2D eigenvalue weighted by Gasteiger charge is 2.23. The fraction of sp³-hybridized carbons (Fsp3) is 0.733. The number of aromatic nitrogens is 1. The zero-order valence-electron chi connectivity index (χ0n) is 13.1. The van der Waals surface area contributed by atoms with Crippen LogP contribution in [0.1, 0.15) is 35.6 Å². The topological polar surface area (TPSA) is 54.5 Å². The van der Waals surface area contributed by atoms with Crippen LogP contribution in [0.25, 0.3) is 0 Å². The van der Waals surface area contributed by atoms with E-state index < -0.39 is 0 Å². The van der Waals surface area contributed by atoms with E-state index in [2.05, 4.69) is 29.0 Å². The molecule has 1 aliphatic heterocycles. The molecule has 6 heteroatoms. The Balaban J connectivity index is 1.92. The van der Waals surface area contributed by atoms with Crippen molar-refractivity contribution in [2.45, 2.75) is 33.2 Å². The zero-order valence-corrected chi connectivity index (χ0v) is 13.9. The van der Waals surface area contributed by atoms with Crippen molar-refractivity contribution < 1.29 is 9.53 Å². The quantitative estimate of drug-likeness (QED) is 0.872. The minimum absolute atomic E-state index is 0.00276. The van der Waals surface area contributed by atoms with Crippen molar-refractivity contribution in [1.82, 2.24) is 15.2 Å². The van der Waals surface area contributed by atoms with Gasteiger partial charge < -0.3 is 10.1 Å². The number of nitrogens with one attached hydrogen (secondary N) is 1. The molecule has 1 aliphatic rings. The van der Waals surface area contributed by atoms with Crippen LogP contribution in [0.4, 0.5) is 0 Å². The molecule has 0 aliphatic carbocycles. The number of hydrogen-bond donors (Lipinski definition) is 1. The van der Waals surface area contributed by atoms with Crippen LogP contribution in [0.2, 0.25) is 0 Å². The second-order valence-corrected chi connectivity index (χ2v) is 6.76. The van der Waals surface area contributed by atoms with E-state index in [9.17, 15) is 4.79 Å². The van der Waals surface area contributed by atoms with Crippen LogP contribution in [0, 0.1) is 12.8 Å². The molecule has 0 radical (unpaired) electrons. The number of nitrogens with zero attached hydrogens (tertiary/aromatic N) is 2. The normalized spacial score (nSPS) is 17.9. The number of amides is 1. The van der Waals surface area contributed by atoms with Gasteiger partial charge in [-0.2, -0.15) is 0 Å². The van der Waals surface area contributed by atoms with E-state index in [0.29, 0.717) is 18.5 Å². The summed E-state index contributed by atoms with van der Waals surface area (Å²) in [4.78, 5) is 19.5. The van der Waals surface area contributed by atoms with Crippen molar-refractivity contribution in [3.05, 3.63) is 16.1 Å². The van der Waals surface area contributed by atoms with Crippen LogP contribution < -0.4 is 5.32 Å². The van der Waals surface area contributed by atoms with E-state index in [4.69, 9.17) is 4.74 Å². The third-order valence-electron chi connectivity index (χ3n) is 3.76. The number of morpholine rings is 1. The van der Waals surface area contributed by atoms with Crippen LogP contribution in [0.15, 0.2) is 5.51 Å². The Bertz CT molecular complexity index is 456. The van der Waals surface area contributed by atoms with Crippen LogP contribution >= 0.6 is 11.3 Å². The Morgan fingerprint density at radius 3 is 2.76 bits per heavy atom. The maximum Gasteiger partial charge on any atom is 0.263 e. The number of rotatable bonds is 6. The lowest BCUT2D eigenvalue weighted by Gasteiger charge is -2.35. The molecular weight excluding hydrogens is 286 g/mol. The van der Waals surface area contributed by atoms with Gasteiger partial charge in [0.05, 0.1) is 24.4 Å². The molecule has 1 atom stereocenters. The smallest absolute Gasteiger partial charge is 0.263 e. The summed E-state index contributed by atoms with van der Waals surface area (Å²) in [6.45, 7) is 10.5. The zero-order chi connectivity index (χ0) is 15.2. The summed E-state index contributed by atoms with van der Waals surface area (Å²) in [6.07, 6.45) is 1.09. The Morgan fingerprint density at radius 2 is 2.19 bits per heavy atom. The van der Waals surface area contributed by atoms with Gasteiger partial charge in [0.25, 0.3) is 5.91 Å². The van der Waals surface area contributed by atoms with Gasteiger partial charge in [0.15, 0.2) is 0 Å². The standard InChI is InChI=1S/C15H25N3O2S/c1-11(2)8-13(18-4-6-20-7-5-18)9-16-15(19)14-12(3)17-10-21-14/h10-11,13H,4-9H2,1-3H3,(H,16,19)/t13-/m0/s1. The molecule has 2 heterocycles. The van der Waals surface area contributed by atoms with Crippen molar-refractivity contribution >= 4 is 17.2 Å². The summed E-state index contributed by atoms with van der Waals surface area (Å²) in [6, 6.07) is 0.381. The molecule has 1 saturated heterocycles. The Hall–Kier alpha value is -0.980. The second kappa shape index (κ2) is 7.87. The molecule has 1 aromatic heterocycles. The first-order valence-corrected chi connectivity index (χ1v) is 8.46. The molecular formula is C15H25N3O2S.